The zero-order valence-electron chi connectivity index (χ0n) is 9.35. The van der Waals surface area contributed by atoms with Crippen molar-refractivity contribution < 1.29 is 14.6 Å². The van der Waals surface area contributed by atoms with Crippen LogP contribution in [0.5, 0.6) is 5.75 Å². The summed E-state index contributed by atoms with van der Waals surface area (Å²) in [6.45, 7) is 5.74. The first kappa shape index (κ1) is 12.3. The van der Waals surface area contributed by atoms with Crippen molar-refractivity contribution in [3.05, 3.63) is 42.5 Å². The molecule has 0 saturated heterocycles. The Balaban J connectivity index is 2.57. The summed E-state index contributed by atoms with van der Waals surface area (Å²) in [7, 11) is 0. The van der Waals surface area contributed by atoms with Crippen molar-refractivity contribution in [2.75, 3.05) is 6.61 Å². The molecular formula is C13H16O3. The van der Waals surface area contributed by atoms with Crippen molar-refractivity contribution in [1.29, 1.82) is 0 Å². The molecule has 1 rings (SSSR count). The molecule has 0 aliphatic heterocycles. The Labute approximate surface area is 95.4 Å². The van der Waals surface area contributed by atoms with Gasteiger partial charge in [-0.3, -0.25) is 4.79 Å². The Hall–Kier alpha value is -1.77. The van der Waals surface area contributed by atoms with E-state index in [1.807, 2.05) is 24.3 Å². The third kappa shape index (κ3) is 3.77. The lowest BCUT2D eigenvalue weighted by Gasteiger charge is -2.07. The molecule has 1 aromatic carbocycles. The van der Waals surface area contributed by atoms with E-state index in [2.05, 4.69) is 6.58 Å². The minimum Gasteiger partial charge on any atom is -0.490 e. The average Bonchev–Trinajstić information content (AvgIpc) is 2.28. The van der Waals surface area contributed by atoms with Gasteiger partial charge in [-0.05, 0) is 24.1 Å². The first-order valence-corrected chi connectivity index (χ1v) is 5.19. The van der Waals surface area contributed by atoms with Crippen molar-refractivity contribution >= 4 is 5.97 Å². The van der Waals surface area contributed by atoms with Crippen LogP contribution in [0.1, 0.15) is 12.5 Å². The molecule has 0 saturated carbocycles. The molecule has 3 nitrogen and oxygen atoms in total. The van der Waals surface area contributed by atoms with E-state index in [1.54, 1.807) is 13.0 Å². The number of ether oxygens (including phenoxy) is 1. The Morgan fingerprint density at radius 1 is 1.50 bits per heavy atom. The summed E-state index contributed by atoms with van der Waals surface area (Å²) in [5.74, 6) is -0.362. The number of aliphatic carboxylic acids is 1. The molecule has 0 radical (unpaired) electrons. The molecule has 0 aromatic heterocycles. The first-order valence-electron chi connectivity index (χ1n) is 5.19. The van der Waals surface area contributed by atoms with E-state index in [0.29, 0.717) is 13.0 Å². The van der Waals surface area contributed by atoms with Gasteiger partial charge in [-0.2, -0.15) is 0 Å². The van der Waals surface area contributed by atoms with E-state index < -0.39 is 5.97 Å². The lowest BCUT2D eigenvalue weighted by Crippen LogP contribution is -2.12. The van der Waals surface area contributed by atoms with Gasteiger partial charge in [0.05, 0.1) is 5.92 Å². The number of carboxylic acid groups (broad SMARTS) is 1. The average molecular weight is 220 g/mol. The SMILES string of the molecule is C=CCOc1ccc(CC(C)C(=O)O)cc1. The number of rotatable bonds is 6. The summed E-state index contributed by atoms with van der Waals surface area (Å²) < 4.78 is 5.33. The molecule has 1 atom stereocenters. The maximum absolute atomic E-state index is 10.7. The molecule has 0 bridgehead atoms. The fourth-order valence-electron chi connectivity index (χ4n) is 1.32. The van der Waals surface area contributed by atoms with Gasteiger partial charge in [-0.1, -0.05) is 31.7 Å². The van der Waals surface area contributed by atoms with Crippen LogP contribution in [-0.4, -0.2) is 17.7 Å². The molecule has 1 aromatic rings. The summed E-state index contributed by atoms with van der Waals surface area (Å²) in [6.07, 6.45) is 2.22. The Morgan fingerprint density at radius 3 is 2.62 bits per heavy atom. The second-order valence-corrected chi connectivity index (χ2v) is 3.69. The van der Waals surface area contributed by atoms with Gasteiger partial charge in [-0.25, -0.2) is 0 Å². The zero-order valence-corrected chi connectivity index (χ0v) is 9.35. The van der Waals surface area contributed by atoms with Gasteiger partial charge in [0.2, 0.25) is 0 Å². The van der Waals surface area contributed by atoms with Crippen molar-refractivity contribution in [3.8, 4) is 5.75 Å². The monoisotopic (exact) mass is 220 g/mol. The molecule has 0 fully saturated rings. The van der Waals surface area contributed by atoms with E-state index in [-0.39, 0.29) is 5.92 Å². The van der Waals surface area contributed by atoms with Crippen LogP contribution in [0, 0.1) is 5.92 Å². The van der Waals surface area contributed by atoms with E-state index >= 15 is 0 Å². The lowest BCUT2D eigenvalue weighted by atomic mass is 10.0. The number of hydrogen-bond donors (Lipinski definition) is 1. The second kappa shape index (κ2) is 5.95. The quantitative estimate of drug-likeness (QED) is 0.749. The number of carbonyl (C=O) groups is 1. The van der Waals surface area contributed by atoms with Gasteiger partial charge >= 0.3 is 5.97 Å². The van der Waals surface area contributed by atoms with E-state index in [0.717, 1.165) is 11.3 Å². The second-order valence-electron chi connectivity index (χ2n) is 3.69. The van der Waals surface area contributed by atoms with Crippen LogP contribution >= 0.6 is 0 Å². The highest BCUT2D eigenvalue weighted by Crippen LogP contribution is 2.15. The topological polar surface area (TPSA) is 46.5 Å². The molecule has 0 aliphatic rings. The maximum atomic E-state index is 10.7. The van der Waals surface area contributed by atoms with Crippen LogP contribution in [0.25, 0.3) is 0 Å². The predicted octanol–water partition coefficient (Wildman–Crippen LogP) is 2.51. The highest BCUT2D eigenvalue weighted by molar-refractivity contribution is 5.69. The molecule has 1 unspecified atom stereocenters. The molecule has 0 amide bonds. The van der Waals surface area contributed by atoms with Crippen molar-refractivity contribution in [1.82, 2.24) is 0 Å². The van der Waals surface area contributed by atoms with E-state index in [1.165, 1.54) is 0 Å². The molecule has 0 spiro atoms. The summed E-state index contributed by atoms with van der Waals surface area (Å²) in [4.78, 5) is 10.7. The number of hydrogen-bond acceptors (Lipinski definition) is 2. The molecule has 1 N–H and O–H groups in total. The van der Waals surface area contributed by atoms with Crippen LogP contribution < -0.4 is 4.74 Å². The van der Waals surface area contributed by atoms with Gasteiger partial charge in [0, 0.05) is 0 Å². The van der Waals surface area contributed by atoms with E-state index in [9.17, 15) is 4.79 Å². The van der Waals surface area contributed by atoms with Crippen molar-refractivity contribution in [3.63, 3.8) is 0 Å². The molecule has 86 valence electrons. The highest BCUT2D eigenvalue weighted by atomic mass is 16.5. The number of carboxylic acids is 1. The molecule has 16 heavy (non-hydrogen) atoms. The fraction of sp³-hybridized carbons (Fsp3) is 0.308. The van der Waals surface area contributed by atoms with Crippen LogP contribution in [0.4, 0.5) is 0 Å². The molecule has 0 heterocycles. The Bertz CT molecular complexity index is 354. The van der Waals surface area contributed by atoms with Crippen LogP contribution in [-0.2, 0) is 11.2 Å². The normalized spacial score (nSPS) is 11.8. The smallest absolute Gasteiger partial charge is 0.306 e. The Morgan fingerprint density at radius 2 is 2.12 bits per heavy atom. The minimum absolute atomic E-state index is 0.361. The molecule has 0 aliphatic carbocycles. The molecular weight excluding hydrogens is 204 g/mol. The van der Waals surface area contributed by atoms with E-state index in [4.69, 9.17) is 9.84 Å². The fourth-order valence-corrected chi connectivity index (χ4v) is 1.32. The zero-order chi connectivity index (χ0) is 12.0. The van der Waals surface area contributed by atoms with Gasteiger partial charge in [0.25, 0.3) is 0 Å². The van der Waals surface area contributed by atoms with Gasteiger partial charge < -0.3 is 9.84 Å². The standard InChI is InChI=1S/C13H16O3/c1-3-8-16-12-6-4-11(5-7-12)9-10(2)13(14)15/h3-7,10H,1,8-9H2,2H3,(H,14,15). The van der Waals surface area contributed by atoms with Crippen LogP contribution in [0.15, 0.2) is 36.9 Å². The number of benzene rings is 1. The summed E-state index contributed by atoms with van der Waals surface area (Å²) in [5.41, 5.74) is 1.00. The summed E-state index contributed by atoms with van der Waals surface area (Å²) in [5, 5.41) is 8.78. The highest BCUT2D eigenvalue weighted by Gasteiger charge is 2.11. The van der Waals surface area contributed by atoms with Crippen molar-refractivity contribution in [2.45, 2.75) is 13.3 Å². The van der Waals surface area contributed by atoms with Crippen molar-refractivity contribution in [2.24, 2.45) is 5.92 Å². The van der Waals surface area contributed by atoms with Crippen LogP contribution in [0.3, 0.4) is 0 Å². The predicted molar refractivity (Wildman–Crippen MR) is 62.6 cm³/mol. The summed E-state index contributed by atoms with van der Waals surface area (Å²) in [6, 6.07) is 7.45. The maximum Gasteiger partial charge on any atom is 0.306 e. The third-order valence-corrected chi connectivity index (χ3v) is 2.25. The van der Waals surface area contributed by atoms with Crippen LogP contribution in [0.2, 0.25) is 0 Å². The van der Waals surface area contributed by atoms with Gasteiger partial charge in [-0.15, -0.1) is 0 Å². The molecule has 3 heteroatoms. The van der Waals surface area contributed by atoms with Gasteiger partial charge in [0.15, 0.2) is 0 Å². The van der Waals surface area contributed by atoms with Gasteiger partial charge in [0.1, 0.15) is 12.4 Å². The lowest BCUT2D eigenvalue weighted by molar-refractivity contribution is -0.141. The third-order valence-electron chi connectivity index (χ3n) is 2.25. The Kier molecular flexibility index (Phi) is 4.58. The largest absolute Gasteiger partial charge is 0.490 e. The first-order chi connectivity index (χ1) is 7.63. The summed E-state index contributed by atoms with van der Waals surface area (Å²) >= 11 is 0. The minimum atomic E-state index is -0.771.